The zero-order chi connectivity index (χ0) is 13.1. The molecule has 0 saturated heterocycles. The molecular formula is C13H11BrFIN2. The van der Waals surface area contributed by atoms with Crippen molar-refractivity contribution in [3.05, 3.63) is 61.6 Å². The van der Waals surface area contributed by atoms with E-state index < -0.39 is 0 Å². The molecule has 1 N–H and O–H groups in total. The summed E-state index contributed by atoms with van der Waals surface area (Å²) >= 11 is 5.70. The van der Waals surface area contributed by atoms with E-state index in [0.29, 0.717) is 5.56 Å². The minimum absolute atomic E-state index is 0.183. The first kappa shape index (κ1) is 13.9. The third kappa shape index (κ3) is 2.89. The van der Waals surface area contributed by atoms with Gasteiger partial charge in [-0.2, -0.15) is 0 Å². The Morgan fingerprint density at radius 3 is 2.78 bits per heavy atom. The van der Waals surface area contributed by atoms with E-state index in [1.54, 1.807) is 12.3 Å². The highest BCUT2D eigenvalue weighted by Gasteiger charge is 2.18. The van der Waals surface area contributed by atoms with Gasteiger partial charge in [0.15, 0.2) is 0 Å². The molecule has 0 saturated carbocycles. The predicted octanol–water partition coefficient (Wildman–Crippen LogP) is 3.90. The first-order chi connectivity index (χ1) is 8.63. The van der Waals surface area contributed by atoms with Crippen molar-refractivity contribution in [2.75, 3.05) is 7.05 Å². The molecule has 1 aromatic carbocycles. The van der Waals surface area contributed by atoms with E-state index in [2.05, 4.69) is 48.8 Å². The monoisotopic (exact) mass is 420 g/mol. The highest BCUT2D eigenvalue weighted by atomic mass is 127. The van der Waals surface area contributed by atoms with Gasteiger partial charge in [-0.3, -0.25) is 4.98 Å². The van der Waals surface area contributed by atoms with Gasteiger partial charge in [0.1, 0.15) is 5.82 Å². The normalized spacial score (nSPS) is 12.4. The molecule has 0 aliphatic rings. The highest BCUT2D eigenvalue weighted by molar-refractivity contribution is 14.1. The van der Waals surface area contributed by atoms with E-state index in [0.717, 1.165) is 13.6 Å². The van der Waals surface area contributed by atoms with Crippen LogP contribution in [0.5, 0.6) is 0 Å². The number of pyridine rings is 1. The molecule has 0 bridgehead atoms. The molecule has 1 aromatic heterocycles. The first-order valence-electron chi connectivity index (χ1n) is 5.35. The van der Waals surface area contributed by atoms with Gasteiger partial charge in [0, 0.05) is 19.8 Å². The summed E-state index contributed by atoms with van der Waals surface area (Å²) < 4.78 is 15.9. The van der Waals surface area contributed by atoms with Crippen molar-refractivity contribution in [1.82, 2.24) is 10.3 Å². The Kier molecular flexibility index (Phi) is 4.69. The molecule has 2 nitrogen and oxygen atoms in total. The molecule has 5 heteroatoms. The Bertz CT molecular complexity index is 562. The number of rotatable bonds is 3. The lowest BCUT2D eigenvalue weighted by Gasteiger charge is -2.19. The molecule has 0 spiro atoms. The Morgan fingerprint density at radius 2 is 2.11 bits per heavy atom. The van der Waals surface area contributed by atoms with Crippen LogP contribution in [0.25, 0.3) is 0 Å². The van der Waals surface area contributed by atoms with Gasteiger partial charge in [0.2, 0.25) is 0 Å². The lowest BCUT2D eigenvalue weighted by atomic mass is 9.99. The van der Waals surface area contributed by atoms with Crippen LogP contribution in [-0.4, -0.2) is 12.0 Å². The predicted molar refractivity (Wildman–Crippen MR) is 82.0 cm³/mol. The number of benzene rings is 1. The minimum atomic E-state index is -0.298. The maximum Gasteiger partial charge on any atom is 0.146 e. The number of halogens is 3. The molecule has 0 aliphatic heterocycles. The molecule has 1 unspecified atom stereocenters. The van der Waals surface area contributed by atoms with E-state index in [4.69, 9.17) is 0 Å². The Balaban J connectivity index is 2.52. The molecule has 1 atom stereocenters. The zero-order valence-electron chi connectivity index (χ0n) is 9.62. The van der Waals surface area contributed by atoms with E-state index in [1.807, 2.05) is 25.2 Å². The number of nitrogens with one attached hydrogen (secondary N) is 1. The molecule has 0 amide bonds. The minimum Gasteiger partial charge on any atom is -0.309 e. The van der Waals surface area contributed by atoms with Crippen LogP contribution < -0.4 is 5.32 Å². The van der Waals surface area contributed by atoms with Crippen LogP contribution in [0, 0.1) is 9.39 Å². The average molecular weight is 421 g/mol. The summed E-state index contributed by atoms with van der Waals surface area (Å²) in [5.74, 6) is -0.298. The second-order valence-electron chi connectivity index (χ2n) is 3.78. The standard InChI is InChI=1S/C13H11BrFIN2/c1-17-13(9-4-5-18-7-11(9)15)10-6-8(14)2-3-12(10)16/h2-7,13,17H,1H3. The summed E-state index contributed by atoms with van der Waals surface area (Å²) in [5, 5.41) is 3.15. The summed E-state index contributed by atoms with van der Waals surface area (Å²) in [4.78, 5) is 3.78. The molecule has 0 fully saturated rings. The van der Waals surface area contributed by atoms with Gasteiger partial charge in [-0.25, -0.2) is 4.39 Å². The van der Waals surface area contributed by atoms with Crippen molar-refractivity contribution in [1.29, 1.82) is 0 Å². The molecule has 18 heavy (non-hydrogen) atoms. The van der Waals surface area contributed by atoms with Gasteiger partial charge in [0.25, 0.3) is 0 Å². The molecule has 0 aliphatic carbocycles. The molecular weight excluding hydrogens is 410 g/mol. The zero-order valence-corrected chi connectivity index (χ0v) is 13.4. The molecule has 1 heterocycles. The smallest absolute Gasteiger partial charge is 0.146 e. The Labute approximate surface area is 127 Å². The van der Waals surface area contributed by atoms with Crippen LogP contribution in [0.1, 0.15) is 17.2 Å². The lowest BCUT2D eigenvalue weighted by molar-refractivity contribution is 0.570. The number of aromatic nitrogens is 1. The summed E-state index contributed by atoms with van der Waals surface area (Å²) in [6, 6.07) is 7.50. The summed E-state index contributed by atoms with van der Waals surface area (Å²) in [6.07, 6.45) is 2.85. The summed E-state index contributed by atoms with van der Waals surface area (Å²) in [5.41, 5.74) is 1.64. The SMILES string of the molecule is CNC(c1ccncc1F)c1cc(Br)ccc1I. The van der Waals surface area contributed by atoms with Crippen LogP contribution in [0.2, 0.25) is 0 Å². The first-order valence-corrected chi connectivity index (χ1v) is 7.22. The van der Waals surface area contributed by atoms with Gasteiger partial charge >= 0.3 is 0 Å². The van der Waals surface area contributed by atoms with Crippen molar-refractivity contribution < 1.29 is 4.39 Å². The van der Waals surface area contributed by atoms with Gasteiger partial charge in [-0.1, -0.05) is 15.9 Å². The molecule has 94 valence electrons. The largest absolute Gasteiger partial charge is 0.309 e. The summed E-state index contributed by atoms with van der Waals surface area (Å²) in [6.45, 7) is 0. The Morgan fingerprint density at radius 1 is 1.33 bits per heavy atom. The van der Waals surface area contributed by atoms with Gasteiger partial charge < -0.3 is 5.32 Å². The fourth-order valence-electron chi connectivity index (χ4n) is 1.83. The number of hydrogen-bond acceptors (Lipinski definition) is 2. The average Bonchev–Trinajstić information content (AvgIpc) is 2.36. The molecule has 2 rings (SSSR count). The highest BCUT2D eigenvalue weighted by Crippen LogP contribution is 2.29. The third-order valence-electron chi connectivity index (χ3n) is 2.67. The van der Waals surface area contributed by atoms with E-state index >= 15 is 0 Å². The fraction of sp³-hybridized carbons (Fsp3) is 0.154. The van der Waals surface area contributed by atoms with Crippen LogP contribution in [0.15, 0.2) is 41.1 Å². The van der Waals surface area contributed by atoms with Gasteiger partial charge in [-0.05, 0) is 59.5 Å². The quantitative estimate of drug-likeness (QED) is 0.762. The second-order valence-corrected chi connectivity index (χ2v) is 5.86. The van der Waals surface area contributed by atoms with E-state index in [-0.39, 0.29) is 11.9 Å². The van der Waals surface area contributed by atoms with E-state index in [9.17, 15) is 4.39 Å². The van der Waals surface area contributed by atoms with Crippen LogP contribution in [0.4, 0.5) is 4.39 Å². The topological polar surface area (TPSA) is 24.9 Å². The van der Waals surface area contributed by atoms with Crippen molar-refractivity contribution in [2.24, 2.45) is 0 Å². The van der Waals surface area contributed by atoms with Gasteiger partial charge in [-0.15, -0.1) is 0 Å². The summed E-state index contributed by atoms with van der Waals surface area (Å²) in [7, 11) is 1.82. The van der Waals surface area contributed by atoms with Crippen molar-refractivity contribution in [3.8, 4) is 0 Å². The van der Waals surface area contributed by atoms with Gasteiger partial charge in [0.05, 0.1) is 12.2 Å². The van der Waals surface area contributed by atoms with Crippen LogP contribution in [0.3, 0.4) is 0 Å². The molecule has 0 radical (unpaired) electrons. The second kappa shape index (κ2) is 6.08. The fourth-order valence-corrected chi connectivity index (χ4v) is 2.86. The van der Waals surface area contributed by atoms with Crippen LogP contribution >= 0.6 is 38.5 Å². The van der Waals surface area contributed by atoms with Crippen molar-refractivity contribution in [3.63, 3.8) is 0 Å². The number of hydrogen-bond donors (Lipinski definition) is 1. The maximum atomic E-state index is 13.8. The third-order valence-corrected chi connectivity index (χ3v) is 4.15. The lowest BCUT2D eigenvalue weighted by Crippen LogP contribution is -2.20. The maximum absolute atomic E-state index is 13.8. The Hall–Kier alpha value is -0.530. The van der Waals surface area contributed by atoms with Crippen LogP contribution in [-0.2, 0) is 0 Å². The van der Waals surface area contributed by atoms with Crippen molar-refractivity contribution >= 4 is 38.5 Å². The van der Waals surface area contributed by atoms with Crippen molar-refractivity contribution in [2.45, 2.75) is 6.04 Å². The number of nitrogens with zero attached hydrogens (tertiary/aromatic N) is 1. The molecule has 2 aromatic rings. The van der Waals surface area contributed by atoms with E-state index in [1.165, 1.54) is 6.20 Å².